The first-order valence-corrected chi connectivity index (χ1v) is 22.3. The molecular weight excluding hydrogens is 787 g/mol. The zero-order valence-electron chi connectivity index (χ0n) is 35.4. The van der Waals surface area contributed by atoms with Crippen LogP contribution in [0, 0.1) is 0 Å². The van der Waals surface area contributed by atoms with Crippen molar-refractivity contribution in [1.29, 1.82) is 0 Å². The Hall–Kier alpha value is -8.53. The fourth-order valence-electron chi connectivity index (χ4n) is 10.7. The number of nitrogens with zero attached hydrogens (tertiary/aromatic N) is 3. The second kappa shape index (κ2) is 14.8. The SMILES string of the molecule is c1ccc(-c2ccc(-c3nc(-c4ccccc4)nc(-c4ccc5c(c4)C(c4ccccc4)(c4ccccc4)c4cccc(-c6ccc7ccc8cccc9ccc6c7c89)c4-5)n3)cc2)cc1. The quantitative estimate of drug-likeness (QED) is 0.150. The molecule has 0 N–H and O–H groups in total. The average molecular weight is 826 g/mol. The van der Waals surface area contributed by atoms with Crippen molar-refractivity contribution in [2.75, 3.05) is 0 Å². The normalized spacial score (nSPS) is 12.7. The lowest BCUT2D eigenvalue weighted by molar-refractivity contribution is 0.768. The van der Waals surface area contributed by atoms with Crippen LogP contribution in [0.15, 0.2) is 237 Å². The van der Waals surface area contributed by atoms with Crippen molar-refractivity contribution in [1.82, 2.24) is 15.0 Å². The van der Waals surface area contributed by atoms with Gasteiger partial charge in [0, 0.05) is 16.7 Å². The van der Waals surface area contributed by atoms with Crippen LogP contribution in [-0.2, 0) is 5.41 Å². The Morgan fingerprint density at radius 1 is 0.277 bits per heavy atom. The molecule has 1 aliphatic carbocycles. The van der Waals surface area contributed by atoms with Gasteiger partial charge in [-0.25, -0.2) is 15.0 Å². The Labute approximate surface area is 377 Å². The van der Waals surface area contributed by atoms with Crippen LogP contribution in [0.5, 0.6) is 0 Å². The van der Waals surface area contributed by atoms with Gasteiger partial charge in [-0.2, -0.15) is 0 Å². The summed E-state index contributed by atoms with van der Waals surface area (Å²) in [5.74, 6) is 1.89. The van der Waals surface area contributed by atoms with Gasteiger partial charge in [0.05, 0.1) is 5.41 Å². The Morgan fingerprint density at radius 2 is 0.738 bits per heavy atom. The van der Waals surface area contributed by atoms with Gasteiger partial charge in [0.1, 0.15) is 0 Å². The van der Waals surface area contributed by atoms with E-state index in [1.807, 2.05) is 24.3 Å². The van der Waals surface area contributed by atoms with Crippen LogP contribution in [0.1, 0.15) is 22.3 Å². The minimum Gasteiger partial charge on any atom is -0.208 e. The smallest absolute Gasteiger partial charge is 0.164 e. The van der Waals surface area contributed by atoms with Gasteiger partial charge < -0.3 is 0 Å². The van der Waals surface area contributed by atoms with Crippen molar-refractivity contribution in [3.05, 3.63) is 259 Å². The predicted octanol–water partition coefficient (Wildman–Crippen LogP) is 15.5. The van der Waals surface area contributed by atoms with Crippen LogP contribution in [0.2, 0.25) is 0 Å². The fraction of sp³-hybridized carbons (Fsp3) is 0.0161. The van der Waals surface area contributed by atoms with Crippen LogP contribution in [0.25, 0.3) is 99.9 Å². The summed E-state index contributed by atoms with van der Waals surface area (Å²) in [4.78, 5) is 15.6. The van der Waals surface area contributed by atoms with E-state index >= 15 is 0 Å². The first-order valence-electron chi connectivity index (χ1n) is 22.3. The third-order valence-electron chi connectivity index (χ3n) is 13.6. The second-order valence-electron chi connectivity index (χ2n) is 17.1. The first-order chi connectivity index (χ1) is 32.2. The van der Waals surface area contributed by atoms with E-state index in [9.17, 15) is 0 Å². The highest BCUT2D eigenvalue weighted by Crippen LogP contribution is 2.59. The van der Waals surface area contributed by atoms with E-state index < -0.39 is 5.41 Å². The molecule has 1 aromatic heterocycles. The highest BCUT2D eigenvalue weighted by Gasteiger charge is 2.47. The Balaban J connectivity index is 1.06. The molecule has 0 unspecified atom stereocenters. The van der Waals surface area contributed by atoms with Crippen LogP contribution in [-0.4, -0.2) is 15.0 Å². The molecule has 12 aromatic rings. The molecule has 13 rings (SSSR count). The van der Waals surface area contributed by atoms with E-state index in [2.05, 4.69) is 212 Å². The van der Waals surface area contributed by atoms with E-state index in [1.165, 1.54) is 82.4 Å². The molecule has 0 amide bonds. The molecule has 0 saturated carbocycles. The van der Waals surface area contributed by atoms with Crippen molar-refractivity contribution in [3.8, 4) is 67.5 Å². The van der Waals surface area contributed by atoms with Gasteiger partial charge in [-0.1, -0.05) is 231 Å². The Bertz CT molecular complexity index is 3680. The molecule has 0 spiro atoms. The summed E-state index contributed by atoms with van der Waals surface area (Å²) in [6.07, 6.45) is 0. The molecule has 0 radical (unpaired) electrons. The molecule has 1 heterocycles. The predicted molar refractivity (Wildman–Crippen MR) is 268 cm³/mol. The van der Waals surface area contributed by atoms with Crippen molar-refractivity contribution >= 4 is 32.3 Å². The van der Waals surface area contributed by atoms with Gasteiger partial charge in [0.15, 0.2) is 17.5 Å². The zero-order valence-corrected chi connectivity index (χ0v) is 35.4. The maximum absolute atomic E-state index is 5.29. The van der Waals surface area contributed by atoms with E-state index in [4.69, 9.17) is 15.0 Å². The molecule has 0 fully saturated rings. The lowest BCUT2D eigenvalue weighted by Gasteiger charge is -2.34. The van der Waals surface area contributed by atoms with Crippen LogP contribution in [0.3, 0.4) is 0 Å². The summed E-state index contributed by atoms with van der Waals surface area (Å²) in [6.45, 7) is 0. The molecule has 11 aromatic carbocycles. The van der Waals surface area contributed by atoms with Gasteiger partial charge in [0.25, 0.3) is 0 Å². The topological polar surface area (TPSA) is 38.7 Å². The number of hydrogen-bond acceptors (Lipinski definition) is 3. The van der Waals surface area contributed by atoms with Crippen molar-refractivity contribution < 1.29 is 0 Å². The van der Waals surface area contributed by atoms with E-state index in [0.717, 1.165) is 22.3 Å². The largest absolute Gasteiger partial charge is 0.208 e. The summed E-state index contributed by atoms with van der Waals surface area (Å²) >= 11 is 0. The lowest BCUT2D eigenvalue weighted by Crippen LogP contribution is -2.28. The summed E-state index contributed by atoms with van der Waals surface area (Å²) in [6, 6.07) is 85.5. The Kier molecular flexibility index (Phi) is 8.44. The van der Waals surface area contributed by atoms with E-state index in [-0.39, 0.29) is 0 Å². The molecule has 0 aliphatic heterocycles. The molecule has 65 heavy (non-hydrogen) atoms. The monoisotopic (exact) mass is 825 g/mol. The molecular formula is C62H39N3. The lowest BCUT2D eigenvalue weighted by atomic mass is 9.67. The van der Waals surface area contributed by atoms with Crippen LogP contribution >= 0.6 is 0 Å². The van der Waals surface area contributed by atoms with Gasteiger partial charge in [0.2, 0.25) is 0 Å². The molecule has 0 bridgehead atoms. The van der Waals surface area contributed by atoms with Gasteiger partial charge >= 0.3 is 0 Å². The summed E-state index contributed by atoms with van der Waals surface area (Å²) in [5.41, 5.74) is 14.2. The molecule has 1 aliphatic rings. The first kappa shape index (κ1) is 37.1. The zero-order chi connectivity index (χ0) is 42.9. The molecule has 3 nitrogen and oxygen atoms in total. The fourth-order valence-corrected chi connectivity index (χ4v) is 10.7. The van der Waals surface area contributed by atoms with E-state index in [0.29, 0.717) is 17.5 Å². The number of benzene rings is 11. The van der Waals surface area contributed by atoms with Crippen molar-refractivity contribution in [2.24, 2.45) is 0 Å². The van der Waals surface area contributed by atoms with Crippen LogP contribution < -0.4 is 0 Å². The number of aromatic nitrogens is 3. The summed E-state index contributed by atoms with van der Waals surface area (Å²) < 4.78 is 0. The number of rotatable bonds is 7. The average Bonchev–Trinajstić information content (AvgIpc) is 3.69. The highest BCUT2D eigenvalue weighted by atomic mass is 15.0. The maximum atomic E-state index is 5.29. The van der Waals surface area contributed by atoms with Gasteiger partial charge in [-0.3, -0.25) is 0 Å². The minimum atomic E-state index is -0.644. The third kappa shape index (κ3) is 5.79. The minimum absolute atomic E-state index is 0.627. The number of hydrogen-bond donors (Lipinski definition) is 0. The maximum Gasteiger partial charge on any atom is 0.164 e. The van der Waals surface area contributed by atoms with E-state index in [1.54, 1.807) is 0 Å². The summed E-state index contributed by atoms with van der Waals surface area (Å²) in [7, 11) is 0. The molecule has 3 heteroatoms. The van der Waals surface area contributed by atoms with Crippen molar-refractivity contribution in [3.63, 3.8) is 0 Å². The van der Waals surface area contributed by atoms with Crippen LogP contribution in [0.4, 0.5) is 0 Å². The number of fused-ring (bicyclic) bond motifs is 3. The summed E-state index contributed by atoms with van der Waals surface area (Å²) in [5, 5.41) is 7.69. The highest BCUT2D eigenvalue weighted by molar-refractivity contribution is 6.26. The van der Waals surface area contributed by atoms with Gasteiger partial charge in [-0.15, -0.1) is 0 Å². The van der Waals surface area contributed by atoms with Gasteiger partial charge in [-0.05, 0) is 94.0 Å². The second-order valence-corrected chi connectivity index (χ2v) is 17.1. The Morgan fingerprint density at radius 3 is 1.38 bits per heavy atom. The van der Waals surface area contributed by atoms with Crippen molar-refractivity contribution in [2.45, 2.75) is 5.41 Å². The molecule has 0 saturated heterocycles. The molecule has 0 atom stereocenters. The standard InChI is InChI=1S/C62H39N3/c1-5-15-40(16-6-1)41-27-31-46(32-28-41)60-63-59(45-17-7-2-8-18-45)64-61(65-60)47-35-38-53-55(39-47)62(48-21-9-3-10-22-48,49-23-11-4-12-24-49)54-26-14-25-51(58(53)54)50-36-33-44-30-29-42-19-13-20-43-34-37-52(50)57(44)56(42)43/h1-39H. The third-order valence-corrected chi connectivity index (χ3v) is 13.6. The molecule has 302 valence electrons.